The van der Waals surface area contributed by atoms with Crippen LogP contribution in [0.1, 0.15) is 81.1 Å². The highest BCUT2D eigenvalue weighted by Crippen LogP contribution is 2.65. The minimum Gasteiger partial charge on any atom is -0.380 e. The van der Waals surface area contributed by atoms with Gasteiger partial charge in [0.2, 0.25) is 17.6 Å². The zero-order valence-corrected chi connectivity index (χ0v) is 27.3. The number of urea groups is 1. The molecule has 0 aromatic rings. The number of aliphatic hydroxyl groups is 1. The van der Waals surface area contributed by atoms with E-state index in [-0.39, 0.29) is 36.8 Å². The molecule has 246 valence electrons. The fourth-order valence-corrected chi connectivity index (χ4v) is 6.60. The smallest absolute Gasteiger partial charge is 0.315 e. The number of carbonyl (C=O) groups excluding carboxylic acids is 6. The first kappa shape index (κ1) is 33.7. The lowest BCUT2D eigenvalue weighted by Crippen LogP contribution is -2.62. The summed E-state index contributed by atoms with van der Waals surface area (Å²) in [7, 11) is 0. The lowest BCUT2D eigenvalue weighted by molar-refractivity contribution is -0.147. The number of amides is 6. The summed E-state index contributed by atoms with van der Waals surface area (Å²) >= 11 is 0. The summed E-state index contributed by atoms with van der Waals surface area (Å²) in [5.41, 5.74) is -3.42. The molecular formula is C31H50N6O7. The lowest BCUT2D eigenvalue weighted by Gasteiger charge is -2.38. The van der Waals surface area contributed by atoms with Crippen molar-refractivity contribution < 1.29 is 33.9 Å². The summed E-state index contributed by atoms with van der Waals surface area (Å²) < 4.78 is 0. The molecular weight excluding hydrogens is 568 g/mol. The molecule has 0 bridgehead atoms. The molecule has 2 heterocycles. The fraction of sp³-hybridized carbons (Fsp3) is 0.806. The highest BCUT2D eigenvalue weighted by atomic mass is 16.3. The van der Waals surface area contributed by atoms with Crippen molar-refractivity contribution in [2.24, 2.45) is 28.6 Å². The number of carbonyl (C=O) groups is 6. The number of nitrogens with zero attached hydrogens (tertiary/aromatic N) is 1. The van der Waals surface area contributed by atoms with Gasteiger partial charge in [-0.25, -0.2) is 4.79 Å². The standard InChI is InChI=1S/C31H50N6O7/c1-28(2,3)22(35-27(43)36-29(4,5)6)25(41)37-15-17-19(30(17,7)8)20(37)23(39)34-18(13-31(44)11-12-32-26(31)42)21(38)24(40)33-14-16-9-10-16/h16-20,22,44H,9-15H2,1-8H3,(H,32,42)(H,33,40)(H,34,39)(H2,35,36,43)/t17-,18-,19?,20-,22+,31?/m0/s1. The SMILES string of the molecule is CC(C)(C)NC(=O)N[C@H](C(=O)N1C[C@H]2C([C@H]1C(=O)N[C@@H](CC1(O)CCNC1=O)C(=O)C(=O)NCC1CC1)C2(C)C)C(C)(C)C. The molecule has 13 nitrogen and oxygen atoms in total. The van der Waals surface area contributed by atoms with Crippen molar-refractivity contribution in [3.05, 3.63) is 0 Å². The van der Waals surface area contributed by atoms with Crippen molar-refractivity contribution in [1.29, 1.82) is 0 Å². The average molecular weight is 619 g/mol. The van der Waals surface area contributed by atoms with Gasteiger partial charge in [0, 0.05) is 38.0 Å². The predicted molar refractivity (Wildman–Crippen MR) is 161 cm³/mol. The van der Waals surface area contributed by atoms with Crippen LogP contribution < -0.4 is 26.6 Å². The Kier molecular flexibility index (Phi) is 8.88. The topological polar surface area (TPSA) is 186 Å². The third kappa shape index (κ3) is 7.18. The maximum absolute atomic E-state index is 14.1. The lowest BCUT2D eigenvalue weighted by atomic mass is 9.85. The maximum Gasteiger partial charge on any atom is 0.315 e. The van der Waals surface area contributed by atoms with E-state index in [2.05, 4.69) is 26.6 Å². The molecule has 2 aliphatic heterocycles. The van der Waals surface area contributed by atoms with Gasteiger partial charge in [0.25, 0.3) is 11.8 Å². The minimum atomic E-state index is -1.93. The van der Waals surface area contributed by atoms with Crippen LogP contribution in [0.2, 0.25) is 0 Å². The van der Waals surface area contributed by atoms with E-state index >= 15 is 0 Å². The van der Waals surface area contributed by atoms with E-state index in [1.165, 1.54) is 4.90 Å². The molecule has 0 aromatic heterocycles. The normalized spacial score (nSPS) is 28.7. The van der Waals surface area contributed by atoms with E-state index in [1.807, 2.05) is 55.4 Å². The number of hydrogen-bond acceptors (Lipinski definition) is 7. The Labute approximate surface area is 259 Å². The largest absolute Gasteiger partial charge is 0.380 e. The number of likely N-dealkylation sites (tertiary alicyclic amines) is 1. The van der Waals surface area contributed by atoms with E-state index in [1.54, 1.807) is 0 Å². The van der Waals surface area contributed by atoms with Gasteiger partial charge in [-0.1, -0.05) is 34.6 Å². The minimum absolute atomic E-state index is 0.0204. The van der Waals surface area contributed by atoms with Crippen LogP contribution in [0.25, 0.3) is 0 Å². The van der Waals surface area contributed by atoms with Crippen LogP contribution in [0.5, 0.6) is 0 Å². The van der Waals surface area contributed by atoms with Crippen LogP contribution in [-0.4, -0.2) is 94.3 Å². The fourth-order valence-electron chi connectivity index (χ4n) is 6.60. The molecule has 2 saturated heterocycles. The highest BCUT2D eigenvalue weighted by Gasteiger charge is 2.70. The zero-order valence-electron chi connectivity index (χ0n) is 27.3. The van der Waals surface area contributed by atoms with Crippen LogP contribution in [0.4, 0.5) is 4.79 Å². The van der Waals surface area contributed by atoms with Crippen molar-refractivity contribution in [2.75, 3.05) is 19.6 Å². The predicted octanol–water partition coefficient (Wildman–Crippen LogP) is 0.203. The number of rotatable bonds is 10. The first-order chi connectivity index (χ1) is 20.2. The molecule has 6 amide bonds. The van der Waals surface area contributed by atoms with Gasteiger partial charge in [-0.2, -0.15) is 0 Å². The molecule has 4 fully saturated rings. The van der Waals surface area contributed by atoms with Crippen LogP contribution >= 0.6 is 0 Å². The Morgan fingerprint density at radius 2 is 1.68 bits per heavy atom. The summed E-state index contributed by atoms with van der Waals surface area (Å²) in [5, 5.41) is 24.4. The molecule has 0 spiro atoms. The van der Waals surface area contributed by atoms with Gasteiger partial charge in [0.1, 0.15) is 23.7 Å². The Bertz CT molecular complexity index is 1220. The summed E-state index contributed by atoms with van der Waals surface area (Å²) in [6, 6.07) is -3.93. The zero-order chi connectivity index (χ0) is 33.0. The Morgan fingerprint density at radius 1 is 1.05 bits per heavy atom. The van der Waals surface area contributed by atoms with Crippen molar-refractivity contribution in [3.8, 4) is 0 Å². The summed E-state index contributed by atoms with van der Waals surface area (Å²) in [6.07, 6.45) is 1.47. The highest BCUT2D eigenvalue weighted by molar-refractivity contribution is 6.38. The molecule has 2 saturated carbocycles. The number of hydrogen-bond donors (Lipinski definition) is 6. The van der Waals surface area contributed by atoms with Gasteiger partial charge in [0.15, 0.2) is 0 Å². The molecule has 4 aliphatic rings. The summed E-state index contributed by atoms with van der Waals surface area (Å²) in [5.74, 6) is -3.47. The Balaban J connectivity index is 1.57. The number of Topliss-reactive ketones (excluding diaryl/α,β-unsaturated/α-hetero) is 1. The van der Waals surface area contributed by atoms with Gasteiger partial charge in [0.05, 0.1) is 0 Å². The van der Waals surface area contributed by atoms with Gasteiger partial charge >= 0.3 is 6.03 Å². The monoisotopic (exact) mass is 618 g/mol. The quantitative estimate of drug-likeness (QED) is 0.189. The van der Waals surface area contributed by atoms with E-state index < -0.39 is 76.5 Å². The van der Waals surface area contributed by atoms with Crippen LogP contribution in [-0.2, 0) is 24.0 Å². The molecule has 6 atom stereocenters. The third-order valence-electron chi connectivity index (χ3n) is 9.53. The number of nitrogens with one attached hydrogen (secondary N) is 5. The van der Waals surface area contributed by atoms with Gasteiger partial charge < -0.3 is 36.6 Å². The maximum atomic E-state index is 14.1. The second-order valence-corrected chi connectivity index (χ2v) is 15.9. The van der Waals surface area contributed by atoms with Gasteiger partial charge in [-0.05, 0) is 62.2 Å². The molecule has 0 radical (unpaired) electrons. The second-order valence-electron chi connectivity index (χ2n) is 15.9. The van der Waals surface area contributed by atoms with Crippen molar-refractivity contribution >= 4 is 35.4 Å². The molecule has 0 aromatic carbocycles. The van der Waals surface area contributed by atoms with Gasteiger partial charge in [-0.3, -0.25) is 24.0 Å². The van der Waals surface area contributed by atoms with Gasteiger partial charge in [-0.15, -0.1) is 0 Å². The van der Waals surface area contributed by atoms with Crippen LogP contribution in [0.15, 0.2) is 0 Å². The molecule has 2 unspecified atom stereocenters. The van der Waals surface area contributed by atoms with E-state index in [4.69, 9.17) is 0 Å². The van der Waals surface area contributed by atoms with Crippen LogP contribution in [0.3, 0.4) is 0 Å². The van der Waals surface area contributed by atoms with E-state index in [9.17, 15) is 33.9 Å². The van der Waals surface area contributed by atoms with E-state index in [0.29, 0.717) is 12.5 Å². The second kappa shape index (κ2) is 11.6. The van der Waals surface area contributed by atoms with Crippen molar-refractivity contribution in [1.82, 2.24) is 31.5 Å². The molecule has 6 N–H and O–H groups in total. The van der Waals surface area contributed by atoms with E-state index in [0.717, 1.165) is 12.8 Å². The van der Waals surface area contributed by atoms with Crippen molar-refractivity contribution in [2.45, 2.75) is 110 Å². The first-order valence-corrected chi connectivity index (χ1v) is 15.7. The van der Waals surface area contributed by atoms with Crippen molar-refractivity contribution in [3.63, 3.8) is 0 Å². The molecule has 2 aliphatic carbocycles. The first-order valence-electron chi connectivity index (χ1n) is 15.7. The Hall–Kier alpha value is -3.22. The summed E-state index contributed by atoms with van der Waals surface area (Å²) in [4.78, 5) is 81.1. The molecule has 4 rings (SSSR count). The third-order valence-corrected chi connectivity index (χ3v) is 9.53. The Morgan fingerprint density at radius 3 is 2.20 bits per heavy atom. The summed E-state index contributed by atoms with van der Waals surface area (Å²) in [6.45, 7) is 15.8. The molecule has 13 heteroatoms. The molecule has 44 heavy (non-hydrogen) atoms. The number of ketones is 1. The average Bonchev–Trinajstić information content (AvgIpc) is 3.70. The number of fused-ring (bicyclic) bond motifs is 1. The number of piperidine rings is 1. The van der Waals surface area contributed by atoms with Crippen LogP contribution in [0, 0.1) is 28.6 Å².